The summed E-state index contributed by atoms with van der Waals surface area (Å²) < 4.78 is 20.6. The molecule has 0 bridgehead atoms. The first kappa shape index (κ1) is 20.6. The Labute approximate surface area is 179 Å². The maximum absolute atomic E-state index is 13.4. The number of ether oxygens (including phenoxy) is 1. The van der Waals surface area contributed by atoms with Crippen molar-refractivity contribution in [3.05, 3.63) is 78.2 Å². The summed E-state index contributed by atoms with van der Waals surface area (Å²) in [7, 11) is 0. The Morgan fingerprint density at radius 2 is 1.84 bits per heavy atom. The molecular weight excluding hydrogens is 395 g/mol. The fourth-order valence-corrected chi connectivity index (χ4v) is 3.18. The molecule has 8 heteroatoms. The second kappa shape index (κ2) is 9.90. The van der Waals surface area contributed by atoms with Gasteiger partial charge in [-0.1, -0.05) is 35.5 Å². The van der Waals surface area contributed by atoms with Crippen LogP contribution >= 0.6 is 0 Å². The molecule has 0 aliphatic carbocycles. The van der Waals surface area contributed by atoms with Crippen LogP contribution in [0, 0.1) is 5.82 Å². The number of rotatable bonds is 9. The van der Waals surface area contributed by atoms with Gasteiger partial charge in [-0.25, -0.2) is 19.0 Å². The highest BCUT2D eigenvalue weighted by Crippen LogP contribution is 2.29. The van der Waals surface area contributed by atoms with E-state index >= 15 is 0 Å². The number of anilines is 1. The first-order valence-corrected chi connectivity index (χ1v) is 10.1. The number of nitrogens with one attached hydrogen (secondary N) is 1. The molecule has 158 valence electrons. The van der Waals surface area contributed by atoms with E-state index in [1.165, 1.54) is 17.7 Å². The number of hydrogen-bond donors (Lipinski definition) is 1. The van der Waals surface area contributed by atoms with Crippen molar-refractivity contribution in [1.29, 1.82) is 0 Å². The lowest BCUT2D eigenvalue weighted by Crippen LogP contribution is -2.10. The van der Waals surface area contributed by atoms with Crippen molar-refractivity contribution >= 4 is 5.95 Å². The lowest BCUT2D eigenvalue weighted by molar-refractivity contribution is 0.0790. The van der Waals surface area contributed by atoms with Gasteiger partial charge in [0.2, 0.25) is 5.95 Å². The Kier molecular flexibility index (Phi) is 6.59. The molecule has 0 saturated heterocycles. The monoisotopic (exact) mass is 418 g/mol. The Hall–Kier alpha value is -3.65. The van der Waals surface area contributed by atoms with Crippen LogP contribution in [0.2, 0.25) is 0 Å². The third-order valence-corrected chi connectivity index (χ3v) is 4.71. The zero-order valence-corrected chi connectivity index (χ0v) is 17.2. The molecule has 0 unspecified atom stereocenters. The summed E-state index contributed by atoms with van der Waals surface area (Å²) in [6, 6.07) is 18.2. The van der Waals surface area contributed by atoms with E-state index in [1.807, 2.05) is 25.1 Å². The Balaban J connectivity index is 1.60. The molecule has 31 heavy (non-hydrogen) atoms. The number of halogens is 1. The summed E-state index contributed by atoms with van der Waals surface area (Å²) >= 11 is 0. The van der Waals surface area contributed by atoms with Crippen LogP contribution in [-0.4, -0.2) is 38.1 Å². The lowest BCUT2D eigenvalue weighted by Gasteiger charge is -2.10. The predicted molar refractivity (Wildman–Crippen MR) is 117 cm³/mol. The van der Waals surface area contributed by atoms with Gasteiger partial charge in [-0.2, -0.15) is 0 Å². The van der Waals surface area contributed by atoms with E-state index in [4.69, 9.17) is 4.74 Å². The van der Waals surface area contributed by atoms with Crippen molar-refractivity contribution in [2.24, 2.45) is 0 Å². The molecule has 2 aromatic carbocycles. The fourth-order valence-electron chi connectivity index (χ4n) is 3.18. The molecule has 0 saturated carbocycles. The number of hydrogen-bond acceptors (Lipinski definition) is 6. The molecule has 0 amide bonds. The smallest absolute Gasteiger partial charge is 0.223 e. The van der Waals surface area contributed by atoms with Crippen LogP contribution < -0.4 is 5.32 Å². The summed E-state index contributed by atoms with van der Waals surface area (Å²) in [5.41, 5.74) is 3.93. The SMILES string of the molecule is CCOCn1nnc(-c2ccc(F)cc2)c1-c1ccnc(NCCc2ccccc2)n1. The molecular formula is C23H23FN6O. The van der Waals surface area contributed by atoms with Gasteiger partial charge in [0.05, 0.1) is 5.69 Å². The van der Waals surface area contributed by atoms with Gasteiger partial charge in [-0.05, 0) is 49.2 Å². The zero-order chi connectivity index (χ0) is 21.5. The van der Waals surface area contributed by atoms with Crippen LogP contribution in [0.5, 0.6) is 0 Å². The molecule has 0 radical (unpaired) electrons. The number of aromatic nitrogens is 5. The fraction of sp³-hybridized carbons (Fsp3) is 0.217. The lowest BCUT2D eigenvalue weighted by atomic mass is 10.1. The normalized spacial score (nSPS) is 10.9. The predicted octanol–water partition coefficient (Wildman–Crippen LogP) is 4.19. The maximum Gasteiger partial charge on any atom is 0.223 e. The molecule has 0 spiro atoms. The van der Waals surface area contributed by atoms with Crippen LogP contribution in [0.3, 0.4) is 0 Å². The third-order valence-electron chi connectivity index (χ3n) is 4.71. The first-order chi connectivity index (χ1) is 15.2. The topological polar surface area (TPSA) is 77.8 Å². The van der Waals surface area contributed by atoms with E-state index < -0.39 is 0 Å². The molecule has 7 nitrogen and oxygen atoms in total. The minimum absolute atomic E-state index is 0.237. The van der Waals surface area contributed by atoms with Crippen LogP contribution in [0.25, 0.3) is 22.6 Å². The van der Waals surface area contributed by atoms with E-state index in [0.29, 0.717) is 36.2 Å². The van der Waals surface area contributed by atoms with Gasteiger partial charge in [0.25, 0.3) is 0 Å². The minimum atomic E-state index is -0.307. The molecule has 4 rings (SSSR count). The van der Waals surface area contributed by atoms with Crippen LogP contribution in [0.4, 0.5) is 10.3 Å². The highest BCUT2D eigenvalue weighted by molar-refractivity contribution is 5.76. The minimum Gasteiger partial charge on any atom is -0.359 e. The van der Waals surface area contributed by atoms with E-state index in [1.54, 1.807) is 29.1 Å². The van der Waals surface area contributed by atoms with E-state index in [0.717, 1.165) is 12.0 Å². The van der Waals surface area contributed by atoms with Crippen molar-refractivity contribution in [2.45, 2.75) is 20.1 Å². The number of benzene rings is 2. The van der Waals surface area contributed by atoms with Gasteiger partial charge >= 0.3 is 0 Å². The van der Waals surface area contributed by atoms with Crippen molar-refractivity contribution in [3.63, 3.8) is 0 Å². The standard InChI is InChI=1S/C23H23FN6O/c1-2-31-16-30-22(21(28-29-30)18-8-10-19(24)11-9-18)20-13-15-26-23(27-20)25-14-12-17-6-4-3-5-7-17/h3-11,13,15H,2,12,14,16H2,1H3,(H,25,26,27). The Bertz CT molecular complexity index is 1110. The summed E-state index contributed by atoms with van der Waals surface area (Å²) in [5.74, 6) is 0.210. The summed E-state index contributed by atoms with van der Waals surface area (Å²) in [4.78, 5) is 9.00. The molecule has 2 aromatic heterocycles. The van der Waals surface area contributed by atoms with Crippen molar-refractivity contribution < 1.29 is 9.13 Å². The zero-order valence-electron chi connectivity index (χ0n) is 17.2. The quantitative estimate of drug-likeness (QED) is 0.439. The van der Waals surface area contributed by atoms with Gasteiger partial charge in [-0.3, -0.25) is 0 Å². The average Bonchev–Trinajstić information content (AvgIpc) is 3.23. The van der Waals surface area contributed by atoms with Gasteiger partial charge < -0.3 is 10.1 Å². The van der Waals surface area contributed by atoms with Crippen molar-refractivity contribution in [1.82, 2.24) is 25.0 Å². The number of nitrogens with zero attached hydrogens (tertiary/aromatic N) is 5. The van der Waals surface area contributed by atoms with E-state index in [-0.39, 0.29) is 12.5 Å². The summed E-state index contributed by atoms with van der Waals surface area (Å²) in [5, 5.41) is 11.8. The molecule has 0 fully saturated rings. The van der Waals surface area contributed by atoms with Crippen molar-refractivity contribution in [3.8, 4) is 22.6 Å². The first-order valence-electron chi connectivity index (χ1n) is 10.1. The molecule has 0 atom stereocenters. The Morgan fingerprint density at radius 1 is 1.03 bits per heavy atom. The van der Waals surface area contributed by atoms with Gasteiger partial charge in [0, 0.05) is 24.9 Å². The maximum atomic E-state index is 13.4. The third kappa shape index (κ3) is 5.10. The van der Waals surface area contributed by atoms with Crippen LogP contribution in [0.1, 0.15) is 12.5 Å². The largest absolute Gasteiger partial charge is 0.359 e. The molecule has 4 aromatic rings. The summed E-state index contributed by atoms with van der Waals surface area (Å²) in [6.45, 7) is 3.40. The van der Waals surface area contributed by atoms with Gasteiger partial charge in [0.1, 0.15) is 23.9 Å². The van der Waals surface area contributed by atoms with Crippen LogP contribution in [-0.2, 0) is 17.9 Å². The van der Waals surface area contributed by atoms with Gasteiger partial charge in [0.15, 0.2) is 0 Å². The van der Waals surface area contributed by atoms with Gasteiger partial charge in [-0.15, -0.1) is 5.10 Å². The second-order valence-electron chi connectivity index (χ2n) is 6.84. The molecule has 2 heterocycles. The highest BCUT2D eigenvalue weighted by atomic mass is 19.1. The highest BCUT2D eigenvalue weighted by Gasteiger charge is 2.19. The molecule has 0 aliphatic rings. The second-order valence-corrected chi connectivity index (χ2v) is 6.84. The van der Waals surface area contributed by atoms with E-state index in [2.05, 4.69) is 37.7 Å². The molecule has 1 N–H and O–H groups in total. The molecule has 0 aliphatic heterocycles. The van der Waals surface area contributed by atoms with Crippen LogP contribution in [0.15, 0.2) is 66.9 Å². The Morgan fingerprint density at radius 3 is 2.61 bits per heavy atom. The summed E-state index contributed by atoms with van der Waals surface area (Å²) in [6.07, 6.45) is 2.55. The average molecular weight is 418 g/mol. The van der Waals surface area contributed by atoms with Crippen molar-refractivity contribution in [2.75, 3.05) is 18.5 Å². The van der Waals surface area contributed by atoms with E-state index in [9.17, 15) is 4.39 Å².